The minimum Gasteiger partial charge on any atom is -0.350 e. The molecule has 0 aliphatic heterocycles. The van der Waals surface area contributed by atoms with Gasteiger partial charge in [0.05, 0.1) is 4.90 Å². The molecule has 0 aromatic heterocycles. The standard InChI is InChI=1S/C20H25N3O4S/c1-14-8-7-10-16(12-14)20(25)22-15(2)19(24)21-13-17-9-5-6-11-18(17)28(26,27)23(3)4/h5-12,15H,13H2,1-4H3,(H,21,24)(H,22,25). The molecule has 1 unspecified atom stereocenters. The maximum absolute atomic E-state index is 12.4. The van der Waals surface area contributed by atoms with Crippen molar-refractivity contribution >= 4 is 21.8 Å². The average molecular weight is 404 g/mol. The van der Waals surface area contributed by atoms with Gasteiger partial charge in [-0.05, 0) is 37.6 Å². The van der Waals surface area contributed by atoms with E-state index in [1.165, 1.54) is 20.2 Å². The fourth-order valence-electron chi connectivity index (χ4n) is 2.57. The Labute approximate surface area is 165 Å². The summed E-state index contributed by atoms with van der Waals surface area (Å²) in [4.78, 5) is 24.8. The van der Waals surface area contributed by atoms with E-state index in [1.807, 2.05) is 13.0 Å². The number of nitrogens with zero attached hydrogens (tertiary/aromatic N) is 1. The summed E-state index contributed by atoms with van der Waals surface area (Å²) in [5.74, 6) is -0.750. The zero-order valence-electron chi connectivity index (χ0n) is 16.4. The molecule has 7 nitrogen and oxygen atoms in total. The molecule has 0 aliphatic carbocycles. The fraction of sp³-hybridized carbons (Fsp3) is 0.300. The predicted octanol–water partition coefficient (Wildman–Crippen LogP) is 1.68. The highest BCUT2D eigenvalue weighted by atomic mass is 32.2. The van der Waals surface area contributed by atoms with Gasteiger partial charge in [0, 0.05) is 26.2 Å². The van der Waals surface area contributed by atoms with Crippen molar-refractivity contribution in [2.75, 3.05) is 14.1 Å². The lowest BCUT2D eigenvalue weighted by atomic mass is 10.1. The quantitative estimate of drug-likeness (QED) is 0.735. The number of amides is 2. The molecule has 2 N–H and O–H groups in total. The maximum Gasteiger partial charge on any atom is 0.251 e. The normalized spacial score (nSPS) is 12.5. The molecule has 0 heterocycles. The third-order valence-corrected chi connectivity index (χ3v) is 6.12. The van der Waals surface area contributed by atoms with Gasteiger partial charge in [-0.15, -0.1) is 0 Å². The molecule has 2 amide bonds. The third-order valence-electron chi connectivity index (χ3n) is 4.21. The van der Waals surface area contributed by atoms with E-state index in [2.05, 4.69) is 10.6 Å². The van der Waals surface area contributed by atoms with E-state index in [-0.39, 0.29) is 17.3 Å². The number of hydrogen-bond acceptors (Lipinski definition) is 4. The lowest BCUT2D eigenvalue weighted by Gasteiger charge is -2.17. The molecule has 0 aliphatic rings. The van der Waals surface area contributed by atoms with Gasteiger partial charge in [0.25, 0.3) is 5.91 Å². The molecular formula is C20H25N3O4S. The molecule has 0 saturated heterocycles. The third kappa shape index (κ3) is 5.17. The number of benzene rings is 2. The second kappa shape index (κ2) is 8.99. The average Bonchev–Trinajstić information content (AvgIpc) is 2.66. The first-order valence-electron chi connectivity index (χ1n) is 8.78. The largest absolute Gasteiger partial charge is 0.350 e. The lowest BCUT2D eigenvalue weighted by molar-refractivity contribution is -0.122. The SMILES string of the molecule is Cc1cccc(C(=O)NC(C)C(=O)NCc2ccccc2S(=O)(=O)N(C)C)c1. The van der Waals surface area contributed by atoms with Crippen LogP contribution < -0.4 is 10.6 Å². The number of hydrogen-bond donors (Lipinski definition) is 2. The first-order valence-corrected chi connectivity index (χ1v) is 10.2. The molecule has 0 fully saturated rings. The van der Waals surface area contributed by atoms with Gasteiger partial charge in [0.2, 0.25) is 15.9 Å². The van der Waals surface area contributed by atoms with Gasteiger partial charge >= 0.3 is 0 Å². The van der Waals surface area contributed by atoms with E-state index >= 15 is 0 Å². The summed E-state index contributed by atoms with van der Waals surface area (Å²) >= 11 is 0. The monoisotopic (exact) mass is 403 g/mol. The molecule has 2 aromatic rings. The summed E-state index contributed by atoms with van der Waals surface area (Å²) < 4.78 is 26.0. The summed E-state index contributed by atoms with van der Waals surface area (Å²) in [5, 5.41) is 5.33. The van der Waals surface area contributed by atoms with Crippen LogP contribution in [0.2, 0.25) is 0 Å². The van der Waals surface area contributed by atoms with Crippen LogP contribution in [0, 0.1) is 6.92 Å². The van der Waals surface area contributed by atoms with Gasteiger partial charge in [-0.25, -0.2) is 12.7 Å². The van der Waals surface area contributed by atoms with Gasteiger partial charge in [-0.1, -0.05) is 35.9 Å². The number of nitrogens with one attached hydrogen (secondary N) is 2. The molecule has 8 heteroatoms. The van der Waals surface area contributed by atoms with E-state index < -0.39 is 22.0 Å². The van der Waals surface area contributed by atoms with Crippen LogP contribution in [0.25, 0.3) is 0 Å². The van der Waals surface area contributed by atoms with E-state index in [9.17, 15) is 18.0 Å². The van der Waals surface area contributed by atoms with E-state index in [0.29, 0.717) is 11.1 Å². The number of sulfonamides is 1. The predicted molar refractivity (Wildman–Crippen MR) is 107 cm³/mol. The zero-order chi connectivity index (χ0) is 20.9. The number of aryl methyl sites for hydroxylation is 1. The van der Waals surface area contributed by atoms with Crippen molar-refractivity contribution in [2.45, 2.75) is 31.3 Å². The summed E-state index contributed by atoms with van der Waals surface area (Å²) in [7, 11) is -0.719. The Morgan fingerprint density at radius 3 is 2.39 bits per heavy atom. The van der Waals surface area contributed by atoms with Crippen molar-refractivity contribution in [3.63, 3.8) is 0 Å². The number of rotatable bonds is 7. The van der Waals surface area contributed by atoms with Gasteiger partial charge in [-0.2, -0.15) is 0 Å². The van der Waals surface area contributed by atoms with Crippen LogP contribution in [0.1, 0.15) is 28.4 Å². The second-order valence-corrected chi connectivity index (χ2v) is 8.80. The molecule has 0 bridgehead atoms. The van der Waals surface area contributed by atoms with Crippen molar-refractivity contribution in [1.29, 1.82) is 0 Å². The van der Waals surface area contributed by atoms with Gasteiger partial charge in [-0.3, -0.25) is 9.59 Å². The minimum atomic E-state index is -3.62. The summed E-state index contributed by atoms with van der Waals surface area (Å²) in [6, 6.07) is 12.8. The fourth-order valence-corrected chi connectivity index (χ4v) is 3.68. The molecule has 0 radical (unpaired) electrons. The minimum absolute atomic E-state index is 0.0345. The highest BCUT2D eigenvalue weighted by molar-refractivity contribution is 7.89. The van der Waals surface area contributed by atoms with Crippen molar-refractivity contribution in [3.05, 3.63) is 65.2 Å². The maximum atomic E-state index is 12.4. The molecule has 0 spiro atoms. The zero-order valence-corrected chi connectivity index (χ0v) is 17.2. The molecule has 2 rings (SSSR count). The molecule has 0 saturated carbocycles. The van der Waals surface area contributed by atoms with Gasteiger partial charge in [0.1, 0.15) is 6.04 Å². The van der Waals surface area contributed by atoms with E-state index in [0.717, 1.165) is 9.87 Å². The van der Waals surface area contributed by atoms with Crippen molar-refractivity contribution in [3.8, 4) is 0 Å². The summed E-state index contributed by atoms with van der Waals surface area (Å²) in [5.41, 5.74) is 1.90. The lowest BCUT2D eigenvalue weighted by Crippen LogP contribution is -2.44. The number of carbonyl (C=O) groups is 2. The van der Waals surface area contributed by atoms with Crippen LogP contribution in [0.15, 0.2) is 53.4 Å². The molecule has 150 valence electrons. The number of carbonyl (C=O) groups excluding carboxylic acids is 2. The smallest absolute Gasteiger partial charge is 0.251 e. The van der Waals surface area contributed by atoms with Crippen LogP contribution in [0.5, 0.6) is 0 Å². The first kappa shape index (κ1) is 21.6. The van der Waals surface area contributed by atoms with Gasteiger partial charge in [0.15, 0.2) is 0 Å². The van der Waals surface area contributed by atoms with Crippen LogP contribution in [0.3, 0.4) is 0 Å². The first-order chi connectivity index (χ1) is 13.1. The van der Waals surface area contributed by atoms with Crippen LogP contribution in [0.4, 0.5) is 0 Å². The molecule has 1 atom stereocenters. The Hall–Kier alpha value is -2.71. The topological polar surface area (TPSA) is 95.6 Å². The van der Waals surface area contributed by atoms with Crippen LogP contribution in [-0.4, -0.2) is 44.7 Å². The Kier molecular flexibility index (Phi) is 6.93. The Bertz CT molecular complexity index is 971. The Morgan fingerprint density at radius 2 is 1.75 bits per heavy atom. The van der Waals surface area contributed by atoms with Crippen molar-refractivity contribution in [2.24, 2.45) is 0 Å². The summed E-state index contributed by atoms with van der Waals surface area (Å²) in [6.07, 6.45) is 0. The molecule has 28 heavy (non-hydrogen) atoms. The van der Waals surface area contributed by atoms with Crippen molar-refractivity contribution < 1.29 is 18.0 Å². The van der Waals surface area contributed by atoms with Crippen LogP contribution >= 0.6 is 0 Å². The van der Waals surface area contributed by atoms with E-state index in [4.69, 9.17) is 0 Å². The highest BCUT2D eigenvalue weighted by Crippen LogP contribution is 2.18. The van der Waals surface area contributed by atoms with Gasteiger partial charge < -0.3 is 10.6 Å². The van der Waals surface area contributed by atoms with Crippen LogP contribution in [-0.2, 0) is 21.4 Å². The Balaban J connectivity index is 2.04. The second-order valence-electron chi connectivity index (χ2n) is 6.68. The Morgan fingerprint density at radius 1 is 1.07 bits per heavy atom. The molecule has 2 aromatic carbocycles. The molecular weight excluding hydrogens is 378 g/mol. The summed E-state index contributed by atoms with van der Waals surface area (Å²) in [6.45, 7) is 3.49. The van der Waals surface area contributed by atoms with Crippen molar-refractivity contribution in [1.82, 2.24) is 14.9 Å². The highest BCUT2D eigenvalue weighted by Gasteiger charge is 2.22. The van der Waals surface area contributed by atoms with E-state index in [1.54, 1.807) is 43.3 Å².